The van der Waals surface area contributed by atoms with E-state index in [9.17, 15) is 4.79 Å². The minimum absolute atomic E-state index is 0.449. The van der Waals surface area contributed by atoms with Crippen LogP contribution in [0, 0.1) is 0 Å². The van der Waals surface area contributed by atoms with Crippen LogP contribution in [0.1, 0.15) is 27.2 Å². The van der Waals surface area contributed by atoms with Crippen molar-refractivity contribution in [3.63, 3.8) is 0 Å². The smallest absolute Gasteiger partial charge is 0.413 e. The molecule has 0 aromatic heterocycles. The Hall–Kier alpha value is -1.26. The highest BCUT2D eigenvalue weighted by Crippen LogP contribution is 2.06. The maximum absolute atomic E-state index is 11.2. The molecule has 1 amide bonds. The Morgan fingerprint density at radius 3 is 2.77 bits per heavy atom. The first kappa shape index (κ1) is 9.83. The highest BCUT2D eigenvalue weighted by Gasteiger charge is 2.18. The third-order valence-corrected chi connectivity index (χ3v) is 1.33. The number of amidine groups is 1. The molecule has 0 bridgehead atoms. The predicted octanol–water partition coefficient (Wildman–Crippen LogP) is 0.818. The van der Waals surface area contributed by atoms with E-state index in [0.717, 1.165) is 13.0 Å². The van der Waals surface area contributed by atoms with Gasteiger partial charge in [0.2, 0.25) is 0 Å². The Kier molecular flexibility index (Phi) is 2.75. The zero-order valence-electron chi connectivity index (χ0n) is 8.18. The van der Waals surface area contributed by atoms with Gasteiger partial charge in [0.25, 0.3) is 0 Å². The van der Waals surface area contributed by atoms with Crippen LogP contribution in [0.3, 0.4) is 0 Å². The molecule has 1 aliphatic heterocycles. The van der Waals surface area contributed by atoms with Crippen LogP contribution in [-0.2, 0) is 4.74 Å². The van der Waals surface area contributed by atoms with Gasteiger partial charge in [-0.05, 0) is 20.8 Å². The van der Waals surface area contributed by atoms with Crippen LogP contribution in [0.2, 0.25) is 0 Å². The molecule has 0 aromatic rings. The van der Waals surface area contributed by atoms with Crippen LogP contribution in [0.15, 0.2) is 5.10 Å². The Bertz CT molecular complexity index is 230. The normalized spacial score (nSPS) is 16.1. The lowest BCUT2D eigenvalue weighted by atomic mass is 10.2. The highest BCUT2D eigenvalue weighted by atomic mass is 16.6. The lowest BCUT2D eigenvalue weighted by Crippen LogP contribution is -2.35. The standard InChI is InChI=1S/C8H15N3O2/c1-8(2,3)13-7(12)10-6-4-5-9-11-6/h9H,4-5H2,1-3H3,(H,10,11,12). The molecule has 5 heteroatoms. The molecule has 13 heavy (non-hydrogen) atoms. The van der Waals surface area contributed by atoms with E-state index in [1.54, 1.807) is 0 Å². The first-order valence-corrected chi connectivity index (χ1v) is 4.27. The minimum atomic E-state index is -0.462. The summed E-state index contributed by atoms with van der Waals surface area (Å²) < 4.78 is 5.04. The number of carbonyl (C=O) groups is 1. The van der Waals surface area contributed by atoms with E-state index < -0.39 is 11.7 Å². The molecule has 1 rings (SSSR count). The first-order chi connectivity index (χ1) is 5.97. The van der Waals surface area contributed by atoms with Crippen LogP contribution in [0.4, 0.5) is 4.79 Å². The summed E-state index contributed by atoms with van der Waals surface area (Å²) in [6.45, 7) is 6.23. The molecule has 0 fully saturated rings. The van der Waals surface area contributed by atoms with Crippen molar-refractivity contribution in [3.8, 4) is 0 Å². The number of ether oxygens (including phenoxy) is 1. The second-order valence-corrected chi connectivity index (χ2v) is 3.84. The van der Waals surface area contributed by atoms with Crippen molar-refractivity contribution in [2.75, 3.05) is 6.54 Å². The number of carbonyl (C=O) groups excluding carboxylic acids is 1. The number of nitrogens with one attached hydrogen (secondary N) is 2. The van der Waals surface area contributed by atoms with E-state index in [0.29, 0.717) is 5.84 Å². The molecular formula is C8H15N3O2. The molecule has 0 saturated heterocycles. The fourth-order valence-electron chi connectivity index (χ4n) is 0.893. The van der Waals surface area contributed by atoms with Gasteiger partial charge in [-0.25, -0.2) is 4.79 Å². The summed E-state index contributed by atoms with van der Waals surface area (Å²) >= 11 is 0. The Morgan fingerprint density at radius 2 is 2.31 bits per heavy atom. The molecule has 0 aromatic carbocycles. The van der Waals surface area contributed by atoms with Crippen LogP contribution in [0.25, 0.3) is 0 Å². The highest BCUT2D eigenvalue weighted by molar-refractivity contribution is 5.96. The third kappa shape index (κ3) is 3.78. The largest absolute Gasteiger partial charge is 0.444 e. The van der Waals surface area contributed by atoms with Crippen molar-refractivity contribution >= 4 is 11.9 Å². The van der Waals surface area contributed by atoms with Gasteiger partial charge in [-0.2, -0.15) is 5.10 Å². The number of rotatable bonds is 0. The molecular weight excluding hydrogens is 170 g/mol. The number of alkyl carbamates (subject to hydrolysis) is 1. The fraction of sp³-hybridized carbons (Fsp3) is 0.750. The maximum Gasteiger partial charge on any atom is 0.413 e. The second-order valence-electron chi connectivity index (χ2n) is 3.84. The van der Waals surface area contributed by atoms with E-state index in [-0.39, 0.29) is 0 Å². The van der Waals surface area contributed by atoms with E-state index in [2.05, 4.69) is 15.8 Å². The molecule has 2 N–H and O–H groups in total. The second kappa shape index (κ2) is 3.64. The Balaban J connectivity index is 2.33. The molecule has 0 radical (unpaired) electrons. The molecule has 1 aliphatic rings. The number of amides is 1. The Morgan fingerprint density at radius 1 is 1.62 bits per heavy atom. The summed E-state index contributed by atoms with van der Waals surface area (Å²) in [7, 11) is 0. The Labute approximate surface area is 77.5 Å². The molecule has 5 nitrogen and oxygen atoms in total. The fourth-order valence-corrected chi connectivity index (χ4v) is 0.893. The van der Waals surface area contributed by atoms with Crippen molar-refractivity contribution < 1.29 is 9.53 Å². The molecule has 0 unspecified atom stereocenters. The molecule has 74 valence electrons. The predicted molar refractivity (Wildman–Crippen MR) is 49.4 cm³/mol. The number of hydrazone groups is 1. The molecule has 0 saturated carbocycles. The average Bonchev–Trinajstić information content (AvgIpc) is 2.34. The lowest BCUT2D eigenvalue weighted by molar-refractivity contribution is 0.0562. The van der Waals surface area contributed by atoms with Crippen molar-refractivity contribution in [3.05, 3.63) is 0 Å². The molecule has 0 atom stereocenters. The van der Waals surface area contributed by atoms with Crippen molar-refractivity contribution in [2.45, 2.75) is 32.8 Å². The summed E-state index contributed by atoms with van der Waals surface area (Å²) in [6, 6.07) is 0. The van der Waals surface area contributed by atoms with E-state index in [4.69, 9.17) is 4.74 Å². The summed E-state index contributed by atoms with van der Waals surface area (Å²) in [5, 5.41) is 6.42. The van der Waals surface area contributed by atoms with Crippen LogP contribution in [0.5, 0.6) is 0 Å². The zero-order chi connectivity index (χ0) is 9.90. The van der Waals surface area contributed by atoms with Crippen LogP contribution >= 0.6 is 0 Å². The molecule has 0 spiro atoms. The first-order valence-electron chi connectivity index (χ1n) is 4.27. The van der Waals surface area contributed by atoms with E-state index in [1.807, 2.05) is 20.8 Å². The van der Waals surface area contributed by atoms with Gasteiger partial charge < -0.3 is 10.2 Å². The van der Waals surface area contributed by atoms with Crippen LogP contribution in [-0.4, -0.2) is 24.1 Å². The zero-order valence-corrected chi connectivity index (χ0v) is 8.18. The van der Waals surface area contributed by atoms with E-state index >= 15 is 0 Å². The molecule has 0 aliphatic carbocycles. The lowest BCUT2D eigenvalue weighted by Gasteiger charge is -2.19. The SMILES string of the molecule is CC(C)(C)OC(=O)NC1=NNCC1. The summed E-state index contributed by atoms with van der Waals surface area (Å²) in [4.78, 5) is 11.2. The number of hydrogen-bond donors (Lipinski definition) is 2. The number of nitrogens with zero attached hydrogens (tertiary/aromatic N) is 1. The van der Waals surface area contributed by atoms with Crippen LogP contribution < -0.4 is 10.7 Å². The van der Waals surface area contributed by atoms with Gasteiger partial charge in [-0.3, -0.25) is 5.32 Å². The minimum Gasteiger partial charge on any atom is -0.444 e. The van der Waals surface area contributed by atoms with Gasteiger partial charge >= 0.3 is 6.09 Å². The number of hydrogen-bond acceptors (Lipinski definition) is 4. The van der Waals surface area contributed by atoms with Gasteiger partial charge in [0.15, 0.2) is 0 Å². The summed E-state index contributed by atoms with van der Waals surface area (Å²) in [6.07, 6.45) is 0.286. The van der Waals surface area contributed by atoms with E-state index in [1.165, 1.54) is 0 Å². The third-order valence-electron chi connectivity index (χ3n) is 1.33. The summed E-state index contributed by atoms with van der Waals surface area (Å²) in [5.74, 6) is 0.634. The van der Waals surface area contributed by atoms with Gasteiger partial charge in [-0.15, -0.1) is 0 Å². The van der Waals surface area contributed by atoms with Gasteiger partial charge in [-0.1, -0.05) is 0 Å². The quantitative estimate of drug-likeness (QED) is 0.587. The average molecular weight is 185 g/mol. The van der Waals surface area contributed by atoms with Crippen molar-refractivity contribution in [2.24, 2.45) is 5.10 Å². The van der Waals surface area contributed by atoms with Gasteiger partial charge in [0, 0.05) is 13.0 Å². The van der Waals surface area contributed by atoms with Crippen molar-refractivity contribution in [1.82, 2.24) is 10.7 Å². The monoisotopic (exact) mass is 185 g/mol. The maximum atomic E-state index is 11.2. The summed E-state index contributed by atoms with van der Waals surface area (Å²) in [5.41, 5.74) is 2.30. The molecule has 1 heterocycles. The van der Waals surface area contributed by atoms with Gasteiger partial charge in [0.05, 0.1) is 0 Å². The van der Waals surface area contributed by atoms with Crippen molar-refractivity contribution in [1.29, 1.82) is 0 Å². The topological polar surface area (TPSA) is 62.7 Å². The van der Waals surface area contributed by atoms with Gasteiger partial charge in [0.1, 0.15) is 11.4 Å².